The van der Waals surface area contributed by atoms with E-state index in [9.17, 15) is 4.79 Å². The minimum Gasteiger partial charge on any atom is -0.363 e. The van der Waals surface area contributed by atoms with E-state index in [1.165, 1.54) is 11.3 Å². The van der Waals surface area contributed by atoms with Gasteiger partial charge in [0.2, 0.25) is 10.1 Å². The summed E-state index contributed by atoms with van der Waals surface area (Å²) in [6.45, 7) is 6.36. The maximum Gasteiger partial charge on any atom is 0.282 e. The maximum atomic E-state index is 11.8. The van der Waals surface area contributed by atoms with Crippen LogP contribution in [0.5, 0.6) is 0 Å². The van der Waals surface area contributed by atoms with Gasteiger partial charge in [0.25, 0.3) is 5.91 Å². The van der Waals surface area contributed by atoms with E-state index >= 15 is 0 Å². The molecule has 0 fully saturated rings. The maximum absolute atomic E-state index is 11.8. The van der Waals surface area contributed by atoms with Crippen LogP contribution in [0.2, 0.25) is 0 Å². The van der Waals surface area contributed by atoms with E-state index < -0.39 is 0 Å². The molecule has 1 aromatic rings. The van der Waals surface area contributed by atoms with Gasteiger partial charge < -0.3 is 10.6 Å². The summed E-state index contributed by atoms with van der Waals surface area (Å²) in [6.07, 6.45) is 2.11. The lowest BCUT2D eigenvalue weighted by Crippen LogP contribution is -2.33. The molecule has 2 atom stereocenters. The predicted octanol–water partition coefficient (Wildman–Crippen LogP) is 2.13. The number of amides is 1. The third-order valence-electron chi connectivity index (χ3n) is 2.66. The number of hydrogen-bond acceptors (Lipinski definition) is 5. The first kappa shape index (κ1) is 13.9. The fourth-order valence-corrected chi connectivity index (χ4v) is 2.13. The van der Waals surface area contributed by atoms with Gasteiger partial charge in [-0.05, 0) is 19.3 Å². The normalized spacial score (nSPS) is 14.1. The molecule has 6 heteroatoms. The molecule has 0 bridgehead atoms. The molecule has 2 N–H and O–H groups in total. The van der Waals surface area contributed by atoms with E-state index in [1.807, 2.05) is 6.92 Å². The summed E-state index contributed by atoms with van der Waals surface area (Å²) in [7, 11) is 1.76. The molecule has 0 aliphatic heterocycles. The monoisotopic (exact) mass is 256 g/mol. The third-order valence-corrected chi connectivity index (χ3v) is 3.60. The van der Waals surface area contributed by atoms with Crippen molar-refractivity contribution in [2.75, 3.05) is 12.4 Å². The van der Waals surface area contributed by atoms with Crippen molar-refractivity contribution in [1.82, 2.24) is 15.5 Å². The SMILES string of the molecule is CCC(C)CC(C)NC(=O)c1nnc(NC)s1. The van der Waals surface area contributed by atoms with Gasteiger partial charge >= 0.3 is 0 Å². The molecule has 1 rings (SSSR count). The van der Waals surface area contributed by atoms with Crippen molar-refractivity contribution < 1.29 is 4.79 Å². The Morgan fingerprint density at radius 2 is 2.12 bits per heavy atom. The van der Waals surface area contributed by atoms with Crippen LogP contribution in [0.25, 0.3) is 0 Å². The van der Waals surface area contributed by atoms with Gasteiger partial charge in [0.1, 0.15) is 0 Å². The first-order valence-electron chi connectivity index (χ1n) is 5.88. The van der Waals surface area contributed by atoms with Crippen molar-refractivity contribution in [3.8, 4) is 0 Å². The van der Waals surface area contributed by atoms with Crippen molar-refractivity contribution in [1.29, 1.82) is 0 Å². The van der Waals surface area contributed by atoms with Crippen LogP contribution in [0.4, 0.5) is 5.13 Å². The van der Waals surface area contributed by atoms with E-state index in [0.717, 1.165) is 12.8 Å². The molecule has 17 heavy (non-hydrogen) atoms. The number of carbonyl (C=O) groups is 1. The molecule has 96 valence electrons. The molecular formula is C11H20N4OS. The lowest BCUT2D eigenvalue weighted by molar-refractivity contribution is 0.0934. The van der Waals surface area contributed by atoms with Crippen LogP contribution < -0.4 is 10.6 Å². The molecule has 1 aromatic heterocycles. The second-order valence-electron chi connectivity index (χ2n) is 4.29. The zero-order valence-electron chi connectivity index (χ0n) is 10.8. The Balaban J connectivity index is 2.48. The molecule has 0 saturated carbocycles. The van der Waals surface area contributed by atoms with Crippen molar-refractivity contribution in [2.45, 2.75) is 39.7 Å². The van der Waals surface area contributed by atoms with E-state index in [-0.39, 0.29) is 11.9 Å². The van der Waals surface area contributed by atoms with Gasteiger partial charge in [0, 0.05) is 13.1 Å². The van der Waals surface area contributed by atoms with Gasteiger partial charge in [-0.15, -0.1) is 10.2 Å². The Labute approximate surface area is 106 Å². The number of aromatic nitrogens is 2. The number of hydrogen-bond donors (Lipinski definition) is 2. The number of carbonyl (C=O) groups excluding carboxylic acids is 1. The van der Waals surface area contributed by atoms with Gasteiger partial charge in [0.15, 0.2) is 0 Å². The first-order chi connectivity index (χ1) is 8.06. The minimum absolute atomic E-state index is 0.139. The number of anilines is 1. The highest BCUT2D eigenvalue weighted by atomic mass is 32.1. The highest BCUT2D eigenvalue weighted by Crippen LogP contribution is 2.15. The highest BCUT2D eigenvalue weighted by molar-refractivity contribution is 7.17. The summed E-state index contributed by atoms with van der Waals surface area (Å²) in [5, 5.41) is 14.5. The molecule has 5 nitrogen and oxygen atoms in total. The molecular weight excluding hydrogens is 236 g/mol. The number of rotatable bonds is 6. The zero-order chi connectivity index (χ0) is 12.8. The predicted molar refractivity (Wildman–Crippen MR) is 70.5 cm³/mol. The van der Waals surface area contributed by atoms with Crippen LogP contribution in [0.3, 0.4) is 0 Å². The molecule has 1 amide bonds. The van der Waals surface area contributed by atoms with Gasteiger partial charge in [-0.1, -0.05) is 31.6 Å². The van der Waals surface area contributed by atoms with E-state index in [1.54, 1.807) is 7.05 Å². The second kappa shape index (κ2) is 6.54. The van der Waals surface area contributed by atoms with Crippen LogP contribution in [-0.4, -0.2) is 29.2 Å². The van der Waals surface area contributed by atoms with Gasteiger partial charge in [0.05, 0.1) is 0 Å². The largest absolute Gasteiger partial charge is 0.363 e. The molecule has 0 aliphatic carbocycles. The second-order valence-corrected chi connectivity index (χ2v) is 5.26. The van der Waals surface area contributed by atoms with Crippen LogP contribution >= 0.6 is 11.3 Å². The van der Waals surface area contributed by atoms with Gasteiger partial charge in [-0.25, -0.2) is 0 Å². The Bertz CT molecular complexity index is 366. The van der Waals surface area contributed by atoms with Crippen LogP contribution in [0, 0.1) is 5.92 Å². The van der Waals surface area contributed by atoms with Crippen molar-refractivity contribution in [2.24, 2.45) is 5.92 Å². The van der Waals surface area contributed by atoms with Crippen molar-refractivity contribution in [3.63, 3.8) is 0 Å². The summed E-state index contributed by atoms with van der Waals surface area (Å²) in [6, 6.07) is 0.166. The highest BCUT2D eigenvalue weighted by Gasteiger charge is 2.15. The fraction of sp³-hybridized carbons (Fsp3) is 0.727. The molecule has 0 saturated heterocycles. The lowest BCUT2D eigenvalue weighted by atomic mass is 10.0. The molecule has 0 radical (unpaired) electrons. The van der Waals surface area contributed by atoms with Crippen molar-refractivity contribution in [3.05, 3.63) is 5.01 Å². The Morgan fingerprint density at radius 3 is 2.65 bits per heavy atom. The summed E-state index contributed by atoms with van der Waals surface area (Å²) >= 11 is 1.26. The molecule has 0 spiro atoms. The van der Waals surface area contributed by atoms with E-state index in [2.05, 4.69) is 34.7 Å². The van der Waals surface area contributed by atoms with Gasteiger partial charge in [-0.2, -0.15) is 0 Å². The standard InChI is InChI=1S/C11H20N4OS/c1-5-7(2)6-8(3)13-9(16)10-14-15-11(12-4)17-10/h7-8H,5-6H2,1-4H3,(H,12,15)(H,13,16). The van der Waals surface area contributed by atoms with E-state index in [0.29, 0.717) is 16.1 Å². The number of nitrogens with zero attached hydrogens (tertiary/aromatic N) is 2. The Kier molecular flexibility index (Phi) is 5.34. The Hall–Kier alpha value is -1.17. The van der Waals surface area contributed by atoms with Crippen molar-refractivity contribution >= 4 is 22.4 Å². The quantitative estimate of drug-likeness (QED) is 0.818. The summed E-state index contributed by atoms with van der Waals surface area (Å²) < 4.78 is 0. The smallest absolute Gasteiger partial charge is 0.282 e. The minimum atomic E-state index is -0.139. The zero-order valence-corrected chi connectivity index (χ0v) is 11.6. The molecule has 1 heterocycles. The molecule has 0 aromatic carbocycles. The summed E-state index contributed by atoms with van der Waals surface area (Å²) in [4.78, 5) is 11.8. The third kappa shape index (κ3) is 4.30. The van der Waals surface area contributed by atoms with E-state index in [4.69, 9.17) is 0 Å². The average Bonchev–Trinajstić information content (AvgIpc) is 2.77. The first-order valence-corrected chi connectivity index (χ1v) is 6.70. The molecule has 2 unspecified atom stereocenters. The molecule has 0 aliphatic rings. The average molecular weight is 256 g/mol. The van der Waals surface area contributed by atoms with Crippen LogP contribution in [-0.2, 0) is 0 Å². The fourth-order valence-electron chi connectivity index (χ4n) is 1.53. The van der Waals surface area contributed by atoms with Crippen LogP contribution in [0.1, 0.15) is 43.4 Å². The number of nitrogens with one attached hydrogen (secondary N) is 2. The van der Waals surface area contributed by atoms with Gasteiger partial charge in [-0.3, -0.25) is 4.79 Å². The lowest BCUT2D eigenvalue weighted by Gasteiger charge is -2.16. The summed E-state index contributed by atoms with van der Waals surface area (Å²) in [5.74, 6) is 0.479. The van der Waals surface area contributed by atoms with Crippen LogP contribution in [0.15, 0.2) is 0 Å². The Morgan fingerprint density at radius 1 is 1.41 bits per heavy atom. The summed E-state index contributed by atoms with van der Waals surface area (Å²) in [5.41, 5.74) is 0. The topological polar surface area (TPSA) is 66.9 Å².